The lowest BCUT2D eigenvalue weighted by atomic mass is 10.0. The van der Waals surface area contributed by atoms with Gasteiger partial charge in [-0.25, -0.2) is 0 Å². The second-order valence-electron chi connectivity index (χ2n) is 6.63. The first-order valence-corrected chi connectivity index (χ1v) is 9.60. The van der Waals surface area contributed by atoms with Crippen LogP contribution in [0, 0.1) is 0 Å². The number of rotatable bonds is 6. The lowest BCUT2D eigenvalue weighted by Crippen LogP contribution is -2.39. The number of amides is 1. The fraction of sp³-hybridized carbons (Fsp3) is 0.238. The Morgan fingerprint density at radius 1 is 1.15 bits per heavy atom. The summed E-state index contributed by atoms with van der Waals surface area (Å²) in [5.41, 5.74) is 2.09. The summed E-state index contributed by atoms with van der Waals surface area (Å²) in [7, 11) is 0. The lowest BCUT2D eigenvalue weighted by molar-refractivity contribution is -0.135. The number of halogens is 1. The Morgan fingerprint density at radius 2 is 1.96 bits per heavy atom. The number of hydrogen-bond acceptors (Lipinski definition) is 2. The van der Waals surface area contributed by atoms with Crippen LogP contribution >= 0.6 is 15.9 Å². The minimum atomic E-state index is -0.432. The number of carbonyl (C=O) groups excluding carboxylic acids is 1. The Morgan fingerprint density at radius 3 is 2.62 bits per heavy atom. The predicted molar refractivity (Wildman–Crippen MR) is 105 cm³/mol. The first kappa shape index (κ1) is 17.0. The SMILES string of the molecule is O=C(C(c1ccccc1)n1cccn1)N(Cc1cccc(Br)c1)C1CC1. The van der Waals surface area contributed by atoms with Gasteiger partial charge in [-0.05, 0) is 42.2 Å². The van der Waals surface area contributed by atoms with Crippen molar-refractivity contribution in [2.24, 2.45) is 0 Å². The van der Waals surface area contributed by atoms with Crippen molar-refractivity contribution in [2.45, 2.75) is 31.5 Å². The lowest BCUT2D eigenvalue weighted by Gasteiger charge is -2.28. The fourth-order valence-electron chi connectivity index (χ4n) is 3.24. The second-order valence-corrected chi connectivity index (χ2v) is 7.54. The van der Waals surface area contributed by atoms with E-state index in [0.717, 1.165) is 28.4 Å². The van der Waals surface area contributed by atoms with Crippen molar-refractivity contribution in [2.75, 3.05) is 0 Å². The van der Waals surface area contributed by atoms with E-state index in [1.54, 1.807) is 10.9 Å². The van der Waals surface area contributed by atoms with Gasteiger partial charge in [-0.1, -0.05) is 58.4 Å². The smallest absolute Gasteiger partial charge is 0.252 e. The third-order valence-electron chi connectivity index (χ3n) is 4.65. The molecule has 5 heteroatoms. The van der Waals surface area contributed by atoms with Crippen molar-refractivity contribution >= 4 is 21.8 Å². The predicted octanol–water partition coefficient (Wildman–Crippen LogP) is 4.43. The molecule has 0 radical (unpaired) electrons. The molecule has 0 spiro atoms. The van der Waals surface area contributed by atoms with E-state index in [0.29, 0.717) is 12.6 Å². The van der Waals surface area contributed by atoms with Gasteiger partial charge in [-0.2, -0.15) is 5.10 Å². The summed E-state index contributed by atoms with van der Waals surface area (Å²) in [5.74, 6) is 0.0994. The van der Waals surface area contributed by atoms with E-state index in [2.05, 4.69) is 33.2 Å². The highest BCUT2D eigenvalue weighted by Crippen LogP contribution is 2.32. The van der Waals surface area contributed by atoms with Crippen LogP contribution in [0.1, 0.15) is 30.0 Å². The summed E-state index contributed by atoms with van der Waals surface area (Å²) in [4.78, 5) is 15.6. The van der Waals surface area contributed by atoms with Crippen molar-refractivity contribution in [3.63, 3.8) is 0 Å². The van der Waals surface area contributed by atoms with Crippen molar-refractivity contribution in [3.8, 4) is 0 Å². The van der Waals surface area contributed by atoms with Crippen molar-refractivity contribution < 1.29 is 4.79 Å². The van der Waals surface area contributed by atoms with Gasteiger partial charge in [0.2, 0.25) is 0 Å². The zero-order chi connectivity index (χ0) is 17.9. The molecule has 132 valence electrons. The monoisotopic (exact) mass is 409 g/mol. The van der Waals surface area contributed by atoms with Gasteiger partial charge in [0.05, 0.1) is 0 Å². The van der Waals surface area contributed by atoms with Crippen LogP contribution in [0.15, 0.2) is 77.5 Å². The highest BCUT2D eigenvalue weighted by Gasteiger charge is 2.37. The zero-order valence-corrected chi connectivity index (χ0v) is 15.9. The molecule has 1 amide bonds. The number of hydrogen-bond donors (Lipinski definition) is 0. The quantitative estimate of drug-likeness (QED) is 0.603. The van der Waals surface area contributed by atoms with E-state index in [1.165, 1.54) is 0 Å². The van der Waals surface area contributed by atoms with Crippen molar-refractivity contribution in [3.05, 3.63) is 88.7 Å². The number of benzene rings is 2. The molecule has 0 N–H and O–H groups in total. The zero-order valence-electron chi connectivity index (χ0n) is 14.3. The normalized spacial score (nSPS) is 14.8. The molecule has 1 unspecified atom stereocenters. The maximum absolute atomic E-state index is 13.6. The van der Waals surface area contributed by atoms with Crippen molar-refractivity contribution in [1.82, 2.24) is 14.7 Å². The Kier molecular flexibility index (Phi) is 4.89. The van der Waals surface area contributed by atoms with Gasteiger partial charge in [0, 0.05) is 29.5 Å². The van der Waals surface area contributed by atoms with Gasteiger partial charge in [-0.15, -0.1) is 0 Å². The highest BCUT2D eigenvalue weighted by atomic mass is 79.9. The average molecular weight is 410 g/mol. The topological polar surface area (TPSA) is 38.1 Å². The average Bonchev–Trinajstić information content (AvgIpc) is 3.36. The second kappa shape index (κ2) is 7.46. The molecule has 2 aromatic carbocycles. The third kappa shape index (κ3) is 3.73. The minimum absolute atomic E-state index is 0.0994. The van der Waals surface area contributed by atoms with Crippen LogP contribution in [-0.2, 0) is 11.3 Å². The Hall–Kier alpha value is -2.40. The molecule has 4 rings (SSSR count). The number of aromatic nitrogens is 2. The van der Waals surface area contributed by atoms with Crippen LogP contribution < -0.4 is 0 Å². The van der Waals surface area contributed by atoms with Crippen LogP contribution in [0.25, 0.3) is 0 Å². The first-order valence-electron chi connectivity index (χ1n) is 8.81. The summed E-state index contributed by atoms with van der Waals surface area (Å²) >= 11 is 3.52. The molecule has 26 heavy (non-hydrogen) atoms. The molecule has 1 heterocycles. The van der Waals surface area contributed by atoms with Gasteiger partial charge in [0.1, 0.15) is 0 Å². The molecule has 0 saturated heterocycles. The summed E-state index contributed by atoms with van der Waals surface area (Å²) in [5, 5.41) is 4.36. The molecule has 0 aliphatic heterocycles. The van der Waals surface area contributed by atoms with Gasteiger partial charge < -0.3 is 4.90 Å². The van der Waals surface area contributed by atoms with E-state index in [1.807, 2.05) is 59.6 Å². The highest BCUT2D eigenvalue weighted by molar-refractivity contribution is 9.10. The van der Waals surface area contributed by atoms with E-state index >= 15 is 0 Å². The number of nitrogens with zero attached hydrogens (tertiary/aromatic N) is 3. The van der Waals surface area contributed by atoms with Crippen LogP contribution in [0.2, 0.25) is 0 Å². The summed E-state index contributed by atoms with van der Waals surface area (Å²) < 4.78 is 2.79. The molecule has 1 saturated carbocycles. The van der Waals surface area contributed by atoms with E-state index in [9.17, 15) is 4.79 Å². The molecular weight excluding hydrogens is 390 g/mol. The van der Waals surface area contributed by atoms with Gasteiger partial charge >= 0.3 is 0 Å². The third-order valence-corrected chi connectivity index (χ3v) is 5.14. The molecule has 4 nitrogen and oxygen atoms in total. The summed E-state index contributed by atoms with van der Waals surface area (Å²) in [6, 6.07) is 19.8. The Labute approximate surface area is 161 Å². The molecule has 3 aromatic rings. The summed E-state index contributed by atoms with van der Waals surface area (Å²) in [6.07, 6.45) is 5.72. The molecule has 0 bridgehead atoms. The molecule has 1 aliphatic carbocycles. The minimum Gasteiger partial charge on any atom is -0.333 e. The van der Waals surface area contributed by atoms with Crippen molar-refractivity contribution in [1.29, 1.82) is 0 Å². The van der Waals surface area contributed by atoms with E-state index < -0.39 is 6.04 Å². The Bertz CT molecular complexity index is 875. The maximum atomic E-state index is 13.6. The van der Waals surface area contributed by atoms with E-state index in [4.69, 9.17) is 0 Å². The standard InChI is InChI=1S/C21H20BrN3O/c22-18-9-4-6-16(14-18)15-24(19-10-11-19)21(26)20(25-13-5-12-23-25)17-7-2-1-3-8-17/h1-9,12-14,19-20H,10-11,15H2. The number of carbonyl (C=O) groups is 1. The van der Waals surface area contributed by atoms with Crippen LogP contribution in [0.3, 0.4) is 0 Å². The molecule has 1 atom stereocenters. The van der Waals surface area contributed by atoms with Crippen LogP contribution in [-0.4, -0.2) is 26.6 Å². The van der Waals surface area contributed by atoms with E-state index in [-0.39, 0.29) is 5.91 Å². The van der Waals surface area contributed by atoms with Gasteiger partial charge in [-0.3, -0.25) is 9.48 Å². The molecular formula is C21H20BrN3O. The largest absolute Gasteiger partial charge is 0.333 e. The van der Waals surface area contributed by atoms with Gasteiger partial charge in [0.15, 0.2) is 6.04 Å². The molecule has 1 aliphatic rings. The molecule has 1 fully saturated rings. The molecule has 1 aromatic heterocycles. The first-order chi connectivity index (χ1) is 12.7. The van der Waals surface area contributed by atoms with Gasteiger partial charge in [0.25, 0.3) is 5.91 Å². The Balaban J connectivity index is 1.66. The maximum Gasteiger partial charge on any atom is 0.252 e. The fourth-order valence-corrected chi connectivity index (χ4v) is 3.69. The van der Waals surface area contributed by atoms with Crippen LogP contribution in [0.4, 0.5) is 0 Å². The summed E-state index contributed by atoms with van der Waals surface area (Å²) in [6.45, 7) is 0.619. The van der Waals surface area contributed by atoms with Crippen LogP contribution in [0.5, 0.6) is 0 Å².